The van der Waals surface area contributed by atoms with Crippen LogP contribution >= 0.6 is 0 Å². The highest BCUT2D eigenvalue weighted by molar-refractivity contribution is 7.92. The van der Waals surface area contributed by atoms with E-state index in [1.54, 1.807) is 48.7 Å². The molecular formula is C19H21N3O3S. The normalized spacial score (nSPS) is 18.2. The SMILES string of the molecule is NC1CCCCN1c1cc(NS(=O)(=O)c2ccccc2)cc2ccoc12. The molecule has 0 amide bonds. The van der Waals surface area contributed by atoms with Gasteiger partial charge in [-0.05, 0) is 49.6 Å². The van der Waals surface area contributed by atoms with E-state index >= 15 is 0 Å². The van der Waals surface area contributed by atoms with Crippen LogP contribution in [0, 0.1) is 0 Å². The maximum absolute atomic E-state index is 12.7. The summed E-state index contributed by atoms with van der Waals surface area (Å²) < 4.78 is 33.6. The number of anilines is 2. The number of nitrogens with one attached hydrogen (secondary N) is 1. The Morgan fingerprint density at radius 2 is 1.92 bits per heavy atom. The smallest absolute Gasteiger partial charge is 0.261 e. The first-order chi connectivity index (χ1) is 12.5. The predicted molar refractivity (Wildman–Crippen MR) is 103 cm³/mol. The summed E-state index contributed by atoms with van der Waals surface area (Å²) in [6, 6.07) is 13.7. The van der Waals surface area contributed by atoms with Crippen LogP contribution in [0.5, 0.6) is 0 Å². The highest BCUT2D eigenvalue weighted by Gasteiger charge is 2.23. The summed E-state index contributed by atoms with van der Waals surface area (Å²) in [7, 11) is -3.66. The van der Waals surface area contributed by atoms with Gasteiger partial charge in [0.1, 0.15) is 0 Å². The van der Waals surface area contributed by atoms with Crippen LogP contribution in [-0.4, -0.2) is 21.1 Å². The molecule has 1 fully saturated rings. The van der Waals surface area contributed by atoms with Crippen LogP contribution < -0.4 is 15.4 Å². The zero-order valence-corrected chi connectivity index (χ0v) is 15.1. The van der Waals surface area contributed by atoms with Gasteiger partial charge in [-0.2, -0.15) is 0 Å². The summed E-state index contributed by atoms with van der Waals surface area (Å²) in [5.41, 5.74) is 8.33. The van der Waals surface area contributed by atoms with Crippen LogP contribution in [-0.2, 0) is 10.0 Å². The van der Waals surface area contributed by atoms with Crippen LogP contribution in [0.3, 0.4) is 0 Å². The highest BCUT2D eigenvalue weighted by Crippen LogP contribution is 2.35. The Kier molecular flexibility index (Phi) is 4.34. The topological polar surface area (TPSA) is 88.6 Å². The van der Waals surface area contributed by atoms with Crippen LogP contribution in [0.15, 0.2) is 64.1 Å². The summed E-state index contributed by atoms with van der Waals surface area (Å²) in [5.74, 6) is 0. The molecule has 1 unspecified atom stereocenters. The zero-order valence-electron chi connectivity index (χ0n) is 14.3. The van der Waals surface area contributed by atoms with Crippen LogP contribution in [0.25, 0.3) is 11.0 Å². The molecular weight excluding hydrogens is 350 g/mol. The van der Waals surface area contributed by atoms with Crippen molar-refractivity contribution in [2.24, 2.45) is 5.73 Å². The summed E-state index contributed by atoms with van der Waals surface area (Å²) in [6.45, 7) is 0.825. The summed E-state index contributed by atoms with van der Waals surface area (Å²) in [6.07, 6.45) is 4.56. The Balaban J connectivity index is 1.75. The molecule has 7 heteroatoms. The second kappa shape index (κ2) is 6.66. The van der Waals surface area contributed by atoms with Gasteiger partial charge < -0.3 is 15.1 Å². The maximum Gasteiger partial charge on any atom is 0.261 e. The van der Waals surface area contributed by atoms with Gasteiger partial charge in [-0.1, -0.05) is 18.2 Å². The van der Waals surface area contributed by atoms with E-state index in [1.807, 2.05) is 6.07 Å². The van der Waals surface area contributed by atoms with E-state index in [0.29, 0.717) is 5.69 Å². The third-order valence-corrected chi connectivity index (χ3v) is 6.09. The lowest BCUT2D eigenvalue weighted by Crippen LogP contribution is -2.45. The van der Waals surface area contributed by atoms with Crippen molar-refractivity contribution in [1.82, 2.24) is 0 Å². The average molecular weight is 371 g/mol. The van der Waals surface area contributed by atoms with Gasteiger partial charge in [-0.3, -0.25) is 4.72 Å². The van der Waals surface area contributed by atoms with Gasteiger partial charge in [-0.15, -0.1) is 0 Å². The summed E-state index contributed by atoms with van der Waals surface area (Å²) >= 11 is 0. The molecule has 136 valence electrons. The molecule has 1 aliphatic rings. The third-order valence-electron chi connectivity index (χ3n) is 4.70. The maximum atomic E-state index is 12.7. The van der Waals surface area contributed by atoms with Gasteiger partial charge in [0, 0.05) is 11.9 Å². The molecule has 2 aromatic carbocycles. The molecule has 4 rings (SSSR count). The first-order valence-corrected chi connectivity index (χ1v) is 10.1. The summed E-state index contributed by atoms with van der Waals surface area (Å²) in [4.78, 5) is 2.32. The van der Waals surface area contributed by atoms with Crippen molar-refractivity contribution in [2.45, 2.75) is 30.3 Å². The van der Waals surface area contributed by atoms with E-state index in [4.69, 9.17) is 10.2 Å². The van der Waals surface area contributed by atoms with E-state index in [0.717, 1.165) is 42.5 Å². The number of hydrogen-bond donors (Lipinski definition) is 2. The van der Waals surface area contributed by atoms with Crippen molar-refractivity contribution in [3.63, 3.8) is 0 Å². The molecule has 0 spiro atoms. The summed E-state index contributed by atoms with van der Waals surface area (Å²) in [5, 5.41) is 0.839. The molecule has 0 radical (unpaired) electrons. The average Bonchev–Trinajstić information content (AvgIpc) is 3.10. The molecule has 6 nitrogen and oxygen atoms in total. The van der Waals surface area contributed by atoms with Gasteiger partial charge in [0.25, 0.3) is 10.0 Å². The number of piperidine rings is 1. The standard InChI is InChI=1S/C19H21N3O3S/c20-18-8-4-5-10-22(18)17-13-15(12-14-9-11-25-19(14)17)21-26(23,24)16-6-2-1-3-7-16/h1-3,6-7,9,11-13,18,21H,4-5,8,10,20H2. The minimum Gasteiger partial charge on any atom is -0.462 e. The van der Waals surface area contributed by atoms with Gasteiger partial charge in [0.05, 0.1) is 28.7 Å². The number of nitrogens with zero attached hydrogens (tertiary/aromatic N) is 1. The molecule has 1 saturated heterocycles. The van der Waals surface area contributed by atoms with Crippen LogP contribution in [0.4, 0.5) is 11.4 Å². The molecule has 1 aromatic heterocycles. The molecule has 0 saturated carbocycles. The van der Waals surface area contributed by atoms with Gasteiger partial charge in [-0.25, -0.2) is 8.42 Å². The van der Waals surface area contributed by atoms with E-state index in [1.165, 1.54) is 0 Å². The van der Waals surface area contributed by atoms with Crippen molar-refractivity contribution in [3.05, 3.63) is 54.8 Å². The molecule has 0 aliphatic carbocycles. The van der Waals surface area contributed by atoms with E-state index < -0.39 is 10.0 Å². The Hall–Kier alpha value is -2.51. The Bertz CT molecular complexity index is 1010. The first kappa shape index (κ1) is 16.9. The van der Waals surface area contributed by atoms with Gasteiger partial charge in [0.15, 0.2) is 5.58 Å². The van der Waals surface area contributed by atoms with Crippen molar-refractivity contribution >= 4 is 32.4 Å². The Labute approximate surface area is 152 Å². The van der Waals surface area contributed by atoms with Crippen LogP contribution in [0.2, 0.25) is 0 Å². The number of hydrogen-bond acceptors (Lipinski definition) is 5. The van der Waals surface area contributed by atoms with Gasteiger partial charge >= 0.3 is 0 Å². The highest BCUT2D eigenvalue weighted by atomic mass is 32.2. The molecule has 3 N–H and O–H groups in total. The predicted octanol–water partition coefficient (Wildman–Crippen LogP) is 3.51. The Morgan fingerprint density at radius 3 is 2.69 bits per heavy atom. The Morgan fingerprint density at radius 1 is 1.12 bits per heavy atom. The lowest BCUT2D eigenvalue weighted by Gasteiger charge is -2.35. The second-order valence-corrected chi connectivity index (χ2v) is 8.19. The monoisotopic (exact) mass is 371 g/mol. The van der Waals surface area contributed by atoms with Crippen molar-refractivity contribution in [1.29, 1.82) is 0 Å². The number of sulfonamides is 1. The first-order valence-electron chi connectivity index (χ1n) is 8.66. The van der Waals surface area contributed by atoms with Crippen molar-refractivity contribution in [2.75, 3.05) is 16.2 Å². The fourth-order valence-corrected chi connectivity index (χ4v) is 4.47. The van der Waals surface area contributed by atoms with Gasteiger partial charge in [0.2, 0.25) is 0 Å². The fraction of sp³-hybridized carbons (Fsp3) is 0.263. The fourth-order valence-electron chi connectivity index (χ4n) is 3.41. The van der Waals surface area contributed by atoms with Crippen molar-refractivity contribution < 1.29 is 12.8 Å². The molecule has 26 heavy (non-hydrogen) atoms. The minimum absolute atomic E-state index is 0.0990. The third kappa shape index (κ3) is 3.15. The lowest BCUT2D eigenvalue weighted by atomic mass is 10.1. The molecule has 3 aromatic rings. The van der Waals surface area contributed by atoms with E-state index in [9.17, 15) is 8.42 Å². The number of rotatable bonds is 4. The minimum atomic E-state index is -3.66. The lowest BCUT2D eigenvalue weighted by molar-refractivity contribution is 0.468. The molecule has 0 bridgehead atoms. The number of nitrogens with two attached hydrogens (primary N) is 1. The molecule has 2 heterocycles. The zero-order chi connectivity index (χ0) is 18.1. The number of furan rings is 1. The second-order valence-electron chi connectivity index (χ2n) is 6.51. The quantitative estimate of drug-likeness (QED) is 0.733. The van der Waals surface area contributed by atoms with Crippen molar-refractivity contribution in [3.8, 4) is 0 Å². The van der Waals surface area contributed by atoms with E-state index in [-0.39, 0.29) is 11.1 Å². The van der Waals surface area contributed by atoms with E-state index in [2.05, 4.69) is 9.62 Å². The molecule has 1 aliphatic heterocycles. The number of benzene rings is 2. The van der Waals surface area contributed by atoms with Crippen LogP contribution in [0.1, 0.15) is 19.3 Å². The molecule has 1 atom stereocenters. The largest absolute Gasteiger partial charge is 0.462 e. The number of fused-ring (bicyclic) bond motifs is 1.